The number of amides is 1. The molecule has 2 aromatic heterocycles. The van der Waals surface area contributed by atoms with Crippen molar-refractivity contribution in [3.8, 4) is 6.07 Å². The molecule has 4 aromatic rings. The predicted molar refractivity (Wildman–Crippen MR) is 104 cm³/mol. The molecular weight excluding hydrogens is 370 g/mol. The molecule has 0 saturated carbocycles. The maximum Gasteiger partial charge on any atom is 0.271 e. The first kappa shape index (κ1) is 16.8. The highest BCUT2D eigenvalue weighted by Crippen LogP contribution is 2.43. The summed E-state index contributed by atoms with van der Waals surface area (Å²) in [6.45, 7) is 0. The van der Waals surface area contributed by atoms with Crippen molar-refractivity contribution in [2.45, 2.75) is 5.92 Å². The largest absolute Gasteiger partial charge is 0.321 e. The van der Waals surface area contributed by atoms with E-state index in [0.717, 1.165) is 5.56 Å². The molecule has 29 heavy (non-hydrogen) atoms. The van der Waals surface area contributed by atoms with Crippen molar-refractivity contribution < 1.29 is 9.42 Å². The fraction of sp³-hybridized carbons (Fsp3) is 0.100. The van der Waals surface area contributed by atoms with Gasteiger partial charge in [-0.05, 0) is 34.1 Å². The normalized spacial score (nSPS) is 18.0. The number of rotatable bonds is 3. The van der Waals surface area contributed by atoms with E-state index in [4.69, 9.17) is 4.63 Å². The van der Waals surface area contributed by atoms with E-state index in [1.165, 1.54) is 0 Å². The number of hydrogen-bond acceptors (Lipinski definition) is 7. The molecule has 2 atom stereocenters. The molecular formula is C20H13N7O2. The highest BCUT2D eigenvalue weighted by atomic mass is 16.6. The Hall–Kier alpha value is -4.32. The van der Waals surface area contributed by atoms with E-state index in [1.807, 2.05) is 30.3 Å². The third-order valence-electron chi connectivity index (χ3n) is 4.90. The van der Waals surface area contributed by atoms with Crippen molar-refractivity contribution in [1.29, 1.82) is 5.26 Å². The number of hydrogen-bond donors (Lipinski definition) is 2. The van der Waals surface area contributed by atoms with Gasteiger partial charge in [0.15, 0.2) is 5.82 Å². The smallest absolute Gasteiger partial charge is 0.271 e. The molecule has 1 amide bonds. The van der Waals surface area contributed by atoms with Gasteiger partial charge in [0.1, 0.15) is 22.7 Å². The van der Waals surface area contributed by atoms with Crippen LogP contribution in [0.5, 0.6) is 0 Å². The quantitative estimate of drug-likeness (QED) is 0.559. The summed E-state index contributed by atoms with van der Waals surface area (Å²) in [5.74, 6) is -1.35. The first-order chi connectivity index (χ1) is 14.3. The van der Waals surface area contributed by atoms with E-state index in [1.54, 1.807) is 24.4 Å². The first-order valence-corrected chi connectivity index (χ1v) is 8.85. The highest BCUT2D eigenvalue weighted by Gasteiger charge is 2.40. The number of H-pyrrole nitrogens is 1. The average molecular weight is 383 g/mol. The molecule has 2 unspecified atom stereocenters. The van der Waals surface area contributed by atoms with Gasteiger partial charge in [-0.15, -0.1) is 0 Å². The molecule has 2 aromatic carbocycles. The SMILES string of the molecule is N#CC1C(C(=O)Nc2ccccc2)=Nc2[nH]ncc2C1c1cccc2nonc12. The second-order valence-electron chi connectivity index (χ2n) is 6.55. The van der Waals surface area contributed by atoms with Crippen molar-refractivity contribution >= 4 is 34.2 Å². The Bertz CT molecular complexity index is 1280. The van der Waals surface area contributed by atoms with Gasteiger partial charge in [0.05, 0.1) is 12.3 Å². The minimum Gasteiger partial charge on any atom is -0.321 e. The van der Waals surface area contributed by atoms with Crippen molar-refractivity contribution in [2.24, 2.45) is 10.9 Å². The standard InChI is InChI=1S/C20H13N7O2/c21-9-13-16(12-7-4-8-15-17(12)27-29-26-15)14-10-22-25-19(14)24-18(13)20(28)23-11-5-2-1-3-6-11/h1-8,10,13,16H,(H,22,25)(H,23,28). The van der Waals surface area contributed by atoms with Gasteiger partial charge in [0, 0.05) is 17.2 Å². The number of nitriles is 1. The average Bonchev–Trinajstić information content (AvgIpc) is 3.42. The Labute approximate surface area is 164 Å². The Morgan fingerprint density at radius 3 is 2.79 bits per heavy atom. The van der Waals surface area contributed by atoms with Crippen LogP contribution in [-0.2, 0) is 4.79 Å². The number of nitrogens with one attached hydrogen (secondary N) is 2. The molecule has 0 radical (unpaired) electrons. The van der Waals surface area contributed by atoms with Crippen LogP contribution in [0, 0.1) is 17.2 Å². The fourth-order valence-electron chi connectivity index (χ4n) is 3.60. The van der Waals surface area contributed by atoms with Gasteiger partial charge in [0.2, 0.25) is 0 Å². The minimum atomic E-state index is -0.842. The minimum absolute atomic E-state index is 0.103. The van der Waals surface area contributed by atoms with Gasteiger partial charge in [0.25, 0.3) is 5.91 Å². The first-order valence-electron chi connectivity index (χ1n) is 8.85. The molecule has 1 aliphatic rings. The Balaban J connectivity index is 1.62. The topological polar surface area (TPSA) is 133 Å². The second-order valence-corrected chi connectivity index (χ2v) is 6.55. The number of carbonyl (C=O) groups excluding carboxylic acids is 1. The van der Waals surface area contributed by atoms with Crippen LogP contribution < -0.4 is 5.32 Å². The molecule has 0 saturated heterocycles. The molecule has 0 aliphatic carbocycles. The maximum absolute atomic E-state index is 13.0. The number of aromatic nitrogens is 4. The Morgan fingerprint density at radius 1 is 1.10 bits per heavy atom. The van der Waals surface area contributed by atoms with Gasteiger partial charge < -0.3 is 5.32 Å². The van der Waals surface area contributed by atoms with Gasteiger partial charge in [-0.3, -0.25) is 9.89 Å². The van der Waals surface area contributed by atoms with Crippen LogP contribution in [0.2, 0.25) is 0 Å². The molecule has 9 nitrogen and oxygen atoms in total. The van der Waals surface area contributed by atoms with E-state index in [0.29, 0.717) is 28.1 Å². The van der Waals surface area contributed by atoms with E-state index < -0.39 is 17.7 Å². The van der Waals surface area contributed by atoms with E-state index in [-0.39, 0.29) is 5.71 Å². The summed E-state index contributed by atoms with van der Waals surface area (Å²) in [5, 5.41) is 27.5. The molecule has 0 fully saturated rings. The van der Waals surface area contributed by atoms with Crippen molar-refractivity contribution in [3.05, 3.63) is 65.9 Å². The van der Waals surface area contributed by atoms with Crippen LogP contribution in [-0.4, -0.2) is 32.1 Å². The zero-order chi connectivity index (χ0) is 19.8. The van der Waals surface area contributed by atoms with Crippen LogP contribution >= 0.6 is 0 Å². The highest BCUT2D eigenvalue weighted by molar-refractivity contribution is 6.45. The number of fused-ring (bicyclic) bond motifs is 2. The van der Waals surface area contributed by atoms with Crippen LogP contribution in [0.1, 0.15) is 17.0 Å². The Morgan fingerprint density at radius 2 is 1.97 bits per heavy atom. The zero-order valence-corrected chi connectivity index (χ0v) is 14.9. The second kappa shape index (κ2) is 6.69. The monoisotopic (exact) mass is 383 g/mol. The summed E-state index contributed by atoms with van der Waals surface area (Å²) < 4.78 is 4.87. The van der Waals surface area contributed by atoms with Crippen molar-refractivity contribution in [2.75, 3.05) is 5.32 Å². The summed E-state index contributed by atoms with van der Waals surface area (Å²) in [6.07, 6.45) is 1.62. The summed E-state index contributed by atoms with van der Waals surface area (Å²) in [6, 6.07) is 16.7. The lowest BCUT2D eigenvalue weighted by Crippen LogP contribution is -2.34. The van der Waals surface area contributed by atoms with Gasteiger partial charge >= 0.3 is 0 Å². The molecule has 3 heterocycles. The number of aliphatic imine (C=N–C) groups is 1. The lowest BCUT2D eigenvalue weighted by molar-refractivity contribution is -0.110. The molecule has 5 rings (SSSR count). The van der Waals surface area contributed by atoms with Gasteiger partial charge in [-0.2, -0.15) is 10.4 Å². The summed E-state index contributed by atoms with van der Waals surface area (Å²) in [5.41, 5.74) is 3.26. The molecule has 9 heteroatoms. The Kier molecular flexibility index (Phi) is 3.88. The van der Waals surface area contributed by atoms with Crippen LogP contribution in [0.4, 0.5) is 11.5 Å². The third kappa shape index (κ3) is 2.74. The lowest BCUT2D eigenvalue weighted by Gasteiger charge is -2.26. The van der Waals surface area contributed by atoms with E-state index in [9.17, 15) is 10.1 Å². The van der Waals surface area contributed by atoms with E-state index in [2.05, 4.69) is 36.9 Å². The van der Waals surface area contributed by atoms with Crippen molar-refractivity contribution in [1.82, 2.24) is 20.5 Å². The molecule has 2 N–H and O–H groups in total. The number of anilines is 1. The van der Waals surface area contributed by atoms with Crippen LogP contribution in [0.25, 0.3) is 11.0 Å². The van der Waals surface area contributed by atoms with Gasteiger partial charge in [-0.1, -0.05) is 30.3 Å². The lowest BCUT2D eigenvalue weighted by atomic mass is 9.77. The third-order valence-corrected chi connectivity index (χ3v) is 4.90. The molecule has 0 spiro atoms. The van der Waals surface area contributed by atoms with Crippen LogP contribution in [0.3, 0.4) is 0 Å². The van der Waals surface area contributed by atoms with Crippen LogP contribution in [0.15, 0.2) is 64.3 Å². The molecule has 1 aliphatic heterocycles. The maximum atomic E-state index is 13.0. The summed E-state index contributed by atoms with van der Waals surface area (Å²) >= 11 is 0. The van der Waals surface area contributed by atoms with E-state index >= 15 is 0 Å². The summed E-state index contributed by atoms with van der Waals surface area (Å²) in [7, 11) is 0. The number of benzene rings is 2. The predicted octanol–water partition coefficient (Wildman–Crippen LogP) is 2.94. The number of nitrogens with zero attached hydrogens (tertiary/aromatic N) is 5. The molecule has 0 bridgehead atoms. The zero-order valence-electron chi connectivity index (χ0n) is 14.9. The fourth-order valence-corrected chi connectivity index (χ4v) is 3.60. The van der Waals surface area contributed by atoms with Gasteiger partial charge in [-0.25, -0.2) is 9.62 Å². The number of para-hydroxylation sites is 1. The summed E-state index contributed by atoms with van der Waals surface area (Å²) in [4.78, 5) is 17.4. The number of aromatic amines is 1. The number of carbonyl (C=O) groups is 1. The molecule has 140 valence electrons. The van der Waals surface area contributed by atoms with Crippen molar-refractivity contribution in [3.63, 3.8) is 0 Å².